The fourth-order valence-electron chi connectivity index (χ4n) is 4.40. The summed E-state index contributed by atoms with van der Waals surface area (Å²) in [5.74, 6) is -0.384. The molecule has 4 aromatic rings. The van der Waals surface area contributed by atoms with Gasteiger partial charge in [-0.25, -0.2) is 4.98 Å². The minimum Gasteiger partial charge on any atom is -0.369 e. The van der Waals surface area contributed by atoms with Crippen molar-refractivity contribution in [3.05, 3.63) is 89.1 Å². The first-order chi connectivity index (χ1) is 18.2. The number of anilines is 4. The fraction of sp³-hybridized carbons (Fsp3) is 0.214. The van der Waals surface area contributed by atoms with Gasteiger partial charge in [-0.3, -0.25) is 4.79 Å². The van der Waals surface area contributed by atoms with Crippen LogP contribution in [-0.2, 0) is 6.18 Å². The van der Waals surface area contributed by atoms with Crippen LogP contribution in [0.5, 0.6) is 0 Å². The van der Waals surface area contributed by atoms with Crippen LogP contribution in [0.2, 0.25) is 5.02 Å². The Morgan fingerprint density at radius 3 is 2.39 bits per heavy atom. The molecule has 5 rings (SSSR count). The summed E-state index contributed by atoms with van der Waals surface area (Å²) < 4.78 is 40.3. The number of hydrogen-bond acceptors (Lipinski definition) is 5. The Morgan fingerprint density at radius 2 is 1.66 bits per heavy atom. The van der Waals surface area contributed by atoms with Crippen LogP contribution >= 0.6 is 11.6 Å². The van der Waals surface area contributed by atoms with Gasteiger partial charge >= 0.3 is 6.18 Å². The number of carbonyl (C=O) groups is 1. The topological polar surface area (TPSA) is 60.5 Å². The zero-order chi connectivity index (χ0) is 26.9. The van der Waals surface area contributed by atoms with Crippen molar-refractivity contribution in [2.45, 2.75) is 6.18 Å². The number of para-hydroxylation sites is 1. The number of amides is 1. The summed E-state index contributed by atoms with van der Waals surface area (Å²) in [5.41, 5.74) is 1.76. The lowest BCUT2D eigenvalue weighted by Crippen LogP contribution is -2.44. The fourth-order valence-corrected chi connectivity index (χ4v) is 4.66. The van der Waals surface area contributed by atoms with Crippen molar-refractivity contribution in [3.63, 3.8) is 0 Å². The first kappa shape index (κ1) is 25.8. The monoisotopic (exact) mass is 539 g/mol. The number of piperazine rings is 1. The largest absolute Gasteiger partial charge is 0.433 e. The highest BCUT2D eigenvalue weighted by Crippen LogP contribution is 2.34. The third kappa shape index (κ3) is 5.69. The van der Waals surface area contributed by atoms with E-state index in [1.165, 1.54) is 6.07 Å². The third-order valence-electron chi connectivity index (χ3n) is 6.47. The zero-order valence-corrected chi connectivity index (χ0v) is 21.3. The number of nitrogens with one attached hydrogen (secondary N) is 2. The minimum atomic E-state index is -4.59. The number of pyridine rings is 1. The van der Waals surface area contributed by atoms with Crippen LogP contribution < -0.4 is 15.5 Å². The number of nitrogens with zero attached hydrogens (tertiary/aromatic N) is 3. The van der Waals surface area contributed by atoms with Gasteiger partial charge in [0.05, 0.1) is 21.8 Å². The summed E-state index contributed by atoms with van der Waals surface area (Å²) in [7, 11) is 2.08. The molecule has 2 N–H and O–H groups in total. The second kappa shape index (κ2) is 10.5. The third-order valence-corrected chi connectivity index (χ3v) is 6.78. The average molecular weight is 540 g/mol. The molecule has 0 saturated carbocycles. The van der Waals surface area contributed by atoms with Gasteiger partial charge in [-0.05, 0) is 55.6 Å². The predicted molar refractivity (Wildman–Crippen MR) is 146 cm³/mol. The number of likely N-dealkylation sites (N-methyl/N-ethyl adjacent to an activating group) is 1. The molecule has 1 aliphatic heterocycles. The zero-order valence-electron chi connectivity index (χ0n) is 20.5. The SMILES string of the molecule is CN1CCN(c2ccc(C(=O)Nc3cccc(Nc4cc(C(F)(F)F)nc5ccccc45)c3)c(Cl)c2)CC1. The van der Waals surface area contributed by atoms with Crippen molar-refractivity contribution in [3.8, 4) is 0 Å². The summed E-state index contributed by atoms with van der Waals surface area (Å²) >= 11 is 6.48. The molecule has 1 saturated heterocycles. The molecule has 0 unspecified atom stereocenters. The second-order valence-electron chi connectivity index (χ2n) is 9.18. The summed E-state index contributed by atoms with van der Waals surface area (Å²) in [6.45, 7) is 3.68. The number of halogens is 4. The van der Waals surface area contributed by atoms with E-state index in [9.17, 15) is 18.0 Å². The van der Waals surface area contributed by atoms with E-state index in [2.05, 4.69) is 32.5 Å². The molecule has 10 heteroatoms. The molecule has 0 radical (unpaired) electrons. The molecule has 1 aromatic heterocycles. The maximum absolute atomic E-state index is 13.4. The van der Waals surface area contributed by atoms with Gasteiger partial charge in [0, 0.05) is 48.6 Å². The number of aromatic nitrogens is 1. The van der Waals surface area contributed by atoms with Crippen LogP contribution in [-0.4, -0.2) is 49.0 Å². The van der Waals surface area contributed by atoms with E-state index in [4.69, 9.17) is 11.6 Å². The lowest BCUT2D eigenvalue weighted by atomic mass is 10.1. The Kier molecular flexibility index (Phi) is 7.14. The quantitative estimate of drug-likeness (QED) is 0.297. The van der Waals surface area contributed by atoms with Crippen molar-refractivity contribution in [1.82, 2.24) is 9.88 Å². The molecule has 1 fully saturated rings. The van der Waals surface area contributed by atoms with Gasteiger partial charge in [0.25, 0.3) is 5.91 Å². The number of fused-ring (bicyclic) bond motifs is 1. The molecule has 2 heterocycles. The van der Waals surface area contributed by atoms with Crippen LogP contribution in [0.1, 0.15) is 16.1 Å². The predicted octanol–water partition coefficient (Wildman–Crippen LogP) is 6.65. The van der Waals surface area contributed by atoms with E-state index < -0.39 is 11.9 Å². The maximum Gasteiger partial charge on any atom is 0.433 e. The second-order valence-corrected chi connectivity index (χ2v) is 9.59. The molecule has 3 aromatic carbocycles. The number of rotatable bonds is 5. The maximum atomic E-state index is 13.4. The van der Waals surface area contributed by atoms with Crippen molar-refractivity contribution in [2.24, 2.45) is 0 Å². The van der Waals surface area contributed by atoms with Crippen LogP contribution in [0.25, 0.3) is 10.9 Å². The van der Waals surface area contributed by atoms with Gasteiger partial charge in [-0.1, -0.05) is 35.9 Å². The standard InChI is InChI=1S/C28H25ClF3N5O/c1-36-11-13-37(14-12-36)20-9-10-21(23(29)16-20)27(38)34-19-6-4-5-18(15-19)33-25-17-26(28(30,31)32)35-24-8-3-2-7-22(24)25/h2-10,15-17H,11-14H2,1H3,(H,33,35)(H,34,38). The Morgan fingerprint density at radius 1 is 0.921 bits per heavy atom. The van der Waals surface area contributed by atoms with Gasteiger partial charge < -0.3 is 20.4 Å². The van der Waals surface area contributed by atoms with E-state index in [1.807, 2.05) is 6.07 Å². The van der Waals surface area contributed by atoms with Crippen molar-refractivity contribution in [1.29, 1.82) is 0 Å². The van der Waals surface area contributed by atoms with Gasteiger partial charge in [0.15, 0.2) is 0 Å². The smallest absolute Gasteiger partial charge is 0.369 e. The first-order valence-electron chi connectivity index (χ1n) is 12.1. The molecule has 38 heavy (non-hydrogen) atoms. The average Bonchev–Trinajstić information content (AvgIpc) is 2.88. The van der Waals surface area contributed by atoms with Crippen molar-refractivity contribution < 1.29 is 18.0 Å². The highest BCUT2D eigenvalue weighted by Gasteiger charge is 2.33. The molecule has 0 atom stereocenters. The molecule has 0 spiro atoms. The van der Waals surface area contributed by atoms with Gasteiger partial charge in [0.1, 0.15) is 5.69 Å². The first-order valence-corrected chi connectivity index (χ1v) is 12.4. The molecule has 1 aliphatic rings. The lowest BCUT2D eigenvalue weighted by Gasteiger charge is -2.34. The molecular weight excluding hydrogens is 515 g/mol. The van der Waals surface area contributed by atoms with E-state index >= 15 is 0 Å². The Balaban J connectivity index is 1.34. The van der Waals surface area contributed by atoms with Crippen LogP contribution in [0, 0.1) is 0 Å². The van der Waals surface area contributed by atoms with E-state index in [0.29, 0.717) is 27.3 Å². The highest BCUT2D eigenvalue weighted by molar-refractivity contribution is 6.34. The summed E-state index contributed by atoms with van der Waals surface area (Å²) in [6, 6.07) is 19.7. The summed E-state index contributed by atoms with van der Waals surface area (Å²) in [4.78, 5) is 21.2. The summed E-state index contributed by atoms with van der Waals surface area (Å²) in [6.07, 6.45) is -4.59. The van der Waals surface area contributed by atoms with Crippen LogP contribution in [0.15, 0.2) is 72.8 Å². The van der Waals surface area contributed by atoms with Gasteiger partial charge in [-0.15, -0.1) is 0 Å². The molecule has 1 amide bonds. The van der Waals surface area contributed by atoms with E-state index in [1.54, 1.807) is 54.6 Å². The van der Waals surface area contributed by atoms with Crippen molar-refractivity contribution >= 4 is 51.2 Å². The van der Waals surface area contributed by atoms with E-state index in [0.717, 1.165) is 37.9 Å². The number of benzene rings is 3. The molecule has 0 aliphatic carbocycles. The van der Waals surface area contributed by atoms with Crippen LogP contribution in [0.4, 0.5) is 35.9 Å². The number of hydrogen-bond donors (Lipinski definition) is 2. The Labute approximate surface area is 223 Å². The highest BCUT2D eigenvalue weighted by atomic mass is 35.5. The number of carbonyl (C=O) groups excluding carboxylic acids is 1. The Hall–Kier alpha value is -3.82. The van der Waals surface area contributed by atoms with Crippen LogP contribution in [0.3, 0.4) is 0 Å². The van der Waals surface area contributed by atoms with Crippen molar-refractivity contribution in [2.75, 3.05) is 48.8 Å². The van der Waals surface area contributed by atoms with E-state index in [-0.39, 0.29) is 17.1 Å². The number of alkyl halides is 3. The van der Waals surface area contributed by atoms with Gasteiger partial charge in [-0.2, -0.15) is 13.2 Å². The molecule has 196 valence electrons. The molecular formula is C28H25ClF3N5O. The lowest BCUT2D eigenvalue weighted by molar-refractivity contribution is -0.140. The minimum absolute atomic E-state index is 0.226. The Bertz CT molecular complexity index is 1490. The normalized spacial score (nSPS) is 14.5. The summed E-state index contributed by atoms with van der Waals surface area (Å²) in [5, 5.41) is 6.76. The van der Waals surface area contributed by atoms with Gasteiger partial charge in [0.2, 0.25) is 0 Å². The molecule has 6 nitrogen and oxygen atoms in total. The molecule has 0 bridgehead atoms.